The number of halogens is 1. The lowest BCUT2D eigenvalue weighted by Crippen LogP contribution is -2.59. The summed E-state index contributed by atoms with van der Waals surface area (Å²) in [6, 6.07) is 7.91. The summed E-state index contributed by atoms with van der Waals surface area (Å²) in [5, 5.41) is 18.5. The van der Waals surface area contributed by atoms with Crippen LogP contribution in [-0.4, -0.2) is 53.2 Å². The van der Waals surface area contributed by atoms with E-state index in [4.69, 9.17) is 11.6 Å². The van der Waals surface area contributed by atoms with E-state index in [1.54, 1.807) is 0 Å². The van der Waals surface area contributed by atoms with Gasteiger partial charge in [0.15, 0.2) is 0 Å². The predicted molar refractivity (Wildman–Crippen MR) is 136 cm³/mol. The molecule has 2 fully saturated rings. The summed E-state index contributed by atoms with van der Waals surface area (Å²) in [5.74, 6) is 1.76. The number of hydrogen-bond acceptors (Lipinski definition) is 4. The number of rotatable bonds is 8. The molecule has 1 saturated heterocycles. The van der Waals surface area contributed by atoms with Gasteiger partial charge in [0.25, 0.3) is 0 Å². The van der Waals surface area contributed by atoms with Gasteiger partial charge < -0.3 is 15.7 Å². The molecule has 186 valence electrons. The van der Waals surface area contributed by atoms with Gasteiger partial charge in [-0.15, -0.1) is 0 Å². The van der Waals surface area contributed by atoms with Gasteiger partial charge in [-0.25, -0.2) is 0 Å². The Bertz CT molecular complexity index is 762. The number of β-amino-alcohol motifs (C(OH)–C–C–N with tert-alkyl or cyclic N) is 1. The van der Waals surface area contributed by atoms with Crippen molar-refractivity contribution in [3.8, 4) is 0 Å². The zero-order valence-corrected chi connectivity index (χ0v) is 21.9. The first-order valence-electron chi connectivity index (χ1n) is 12.8. The largest absolute Gasteiger partial charge is 0.390 e. The quantitative estimate of drug-likeness (QED) is 0.504. The number of aliphatic hydroxyl groups excluding tert-OH is 1. The van der Waals surface area contributed by atoms with Crippen LogP contribution in [0.1, 0.15) is 78.3 Å². The van der Waals surface area contributed by atoms with Crippen LogP contribution < -0.4 is 10.6 Å². The Morgan fingerprint density at radius 1 is 1.15 bits per heavy atom. The van der Waals surface area contributed by atoms with Gasteiger partial charge in [0.1, 0.15) is 0 Å². The zero-order valence-electron chi connectivity index (χ0n) is 21.1. The van der Waals surface area contributed by atoms with Gasteiger partial charge in [0.2, 0.25) is 5.91 Å². The number of carbonyl (C=O) groups is 1. The number of likely N-dealkylation sites (tertiary alicyclic amines) is 1. The van der Waals surface area contributed by atoms with Crippen LogP contribution in [0.5, 0.6) is 0 Å². The van der Waals surface area contributed by atoms with E-state index >= 15 is 0 Å². The molecule has 0 aromatic heterocycles. The molecule has 0 spiro atoms. The van der Waals surface area contributed by atoms with E-state index in [0.29, 0.717) is 30.8 Å². The lowest BCUT2D eigenvalue weighted by molar-refractivity contribution is -0.132. The van der Waals surface area contributed by atoms with Crippen molar-refractivity contribution < 1.29 is 9.90 Å². The molecule has 5 nitrogen and oxygen atoms in total. The van der Waals surface area contributed by atoms with E-state index in [2.05, 4.69) is 29.4 Å². The van der Waals surface area contributed by atoms with Crippen LogP contribution in [0.25, 0.3) is 0 Å². The predicted octanol–water partition coefficient (Wildman–Crippen LogP) is 4.78. The average molecular weight is 478 g/mol. The van der Waals surface area contributed by atoms with Crippen LogP contribution in [0, 0.1) is 17.8 Å². The summed E-state index contributed by atoms with van der Waals surface area (Å²) >= 11 is 6.06. The molecular formula is C27H44ClN3O2. The topological polar surface area (TPSA) is 64.6 Å². The van der Waals surface area contributed by atoms with Gasteiger partial charge in [-0.1, -0.05) is 56.8 Å². The third-order valence-electron chi connectivity index (χ3n) is 7.22. The van der Waals surface area contributed by atoms with Gasteiger partial charge in [0.05, 0.1) is 12.1 Å². The molecule has 1 aromatic rings. The number of nitrogens with zero attached hydrogens (tertiary/aromatic N) is 1. The standard InChI is InChI=1S/C27H44ClN3O2/c1-18(2)25(19-10-12-22(28)13-11-19)29-15-23(32)17-31-16-21-9-7-6-8-20(21)14-24(31)26(33)30-27(3,4)5/h10-13,18,20-21,23-25,29,32H,6-9,14-17H2,1-5H3,(H,30,33)/t20-,21+,23+,24-,25?/m0/s1. The first-order chi connectivity index (χ1) is 15.5. The van der Waals surface area contributed by atoms with E-state index in [1.807, 2.05) is 45.0 Å². The number of aliphatic hydroxyl groups is 1. The smallest absolute Gasteiger partial charge is 0.237 e. The van der Waals surface area contributed by atoms with Crippen molar-refractivity contribution in [3.05, 3.63) is 34.9 Å². The third-order valence-corrected chi connectivity index (χ3v) is 7.47. The van der Waals surface area contributed by atoms with Gasteiger partial charge >= 0.3 is 0 Å². The van der Waals surface area contributed by atoms with Crippen LogP contribution in [0.4, 0.5) is 0 Å². The van der Waals surface area contributed by atoms with E-state index < -0.39 is 6.10 Å². The fourth-order valence-electron chi connectivity index (χ4n) is 5.63. The molecule has 1 aliphatic carbocycles. The first-order valence-corrected chi connectivity index (χ1v) is 13.1. The van der Waals surface area contributed by atoms with E-state index in [1.165, 1.54) is 31.2 Å². The fraction of sp³-hybridized carbons (Fsp3) is 0.741. The highest BCUT2D eigenvalue weighted by Crippen LogP contribution is 2.38. The Labute approximate surface area is 205 Å². The van der Waals surface area contributed by atoms with Crippen molar-refractivity contribution in [2.24, 2.45) is 17.8 Å². The molecule has 33 heavy (non-hydrogen) atoms. The Morgan fingerprint density at radius 3 is 2.39 bits per heavy atom. The van der Waals surface area contributed by atoms with Crippen LogP contribution in [0.2, 0.25) is 5.02 Å². The van der Waals surface area contributed by atoms with E-state index in [0.717, 1.165) is 18.0 Å². The molecule has 5 atom stereocenters. The van der Waals surface area contributed by atoms with Crippen molar-refractivity contribution in [2.45, 2.75) is 90.4 Å². The highest BCUT2D eigenvalue weighted by atomic mass is 35.5. The van der Waals surface area contributed by atoms with Crippen LogP contribution in [0.3, 0.4) is 0 Å². The summed E-state index contributed by atoms with van der Waals surface area (Å²) in [6.45, 7) is 12.4. The second-order valence-corrected chi connectivity index (χ2v) is 12.0. The maximum absolute atomic E-state index is 13.2. The van der Waals surface area contributed by atoms with E-state index in [-0.39, 0.29) is 23.5 Å². The molecule has 6 heteroatoms. The molecule has 3 rings (SSSR count). The number of carbonyl (C=O) groups excluding carboxylic acids is 1. The van der Waals surface area contributed by atoms with Crippen LogP contribution >= 0.6 is 11.6 Å². The van der Waals surface area contributed by atoms with Gasteiger partial charge in [-0.2, -0.15) is 0 Å². The molecule has 0 bridgehead atoms. The number of fused-ring (bicyclic) bond motifs is 1. The second-order valence-electron chi connectivity index (χ2n) is 11.6. The highest BCUT2D eigenvalue weighted by molar-refractivity contribution is 6.30. The van der Waals surface area contributed by atoms with Crippen molar-refractivity contribution in [1.82, 2.24) is 15.5 Å². The number of nitrogens with one attached hydrogen (secondary N) is 2. The number of hydrogen-bond donors (Lipinski definition) is 3. The minimum atomic E-state index is -0.538. The number of benzene rings is 1. The van der Waals surface area contributed by atoms with Crippen molar-refractivity contribution >= 4 is 17.5 Å². The molecule has 1 aliphatic heterocycles. The molecule has 1 saturated carbocycles. The summed E-state index contributed by atoms with van der Waals surface area (Å²) in [6.07, 6.45) is 5.42. The molecular weight excluding hydrogens is 434 g/mol. The number of amides is 1. The summed E-state index contributed by atoms with van der Waals surface area (Å²) in [5.41, 5.74) is 0.919. The average Bonchev–Trinajstić information content (AvgIpc) is 2.73. The van der Waals surface area contributed by atoms with Gasteiger partial charge in [-0.05, 0) is 69.1 Å². The zero-order chi connectivity index (χ0) is 24.2. The second kappa shape index (κ2) is 11.5. The Morgan fingerprint density at radius 2 is 1.79 bits per heavy atom. The molecule has 3 N–H and O–H groups in total. The highest BCUT2D eigenvalue weighted by Gasteiger charge is 2.41. The minimum absolute atomic E-state index is 0.105. The molecule has 1 amide bonds. The molecule has 2 aliphatic rings. The Kier molecular flexibility index (Phi) is 9.24. The maximum atomic E-state index is 13.2. The lowest BCUT2D eigenvalue weighted by atomic mass is 9.72. The van der Waals surface area contributed by atoms with Crippen molar-refractivity contribution in [1.29, 1.82) is 0 Å². The molecule has 1 heterocycles. The van der Waals surface area contributed by atoms with Crippen LogP contribution in [0.15, 0.2) is 24.3 Å². The molecule has 1 aromatic carbocycles. The normalized spacial score (nSPS) is 26.0. The number of piperidine rings is 1. The summed E-state index contributed by atoms with van der Waals surface area (Å²) in [7, 11) is 0. The fourth-order valence-corrected chi connectivity index (χ4v) is 5.76. The SMILES string of the molecule is CC(C)C(NC[C@@H](O)CN1C[C@H]2CCCC[C@H]2C[C@H]1C(=O)NC(C)(C)C)c1ccc(Cl)cc1. The van der Waals surface area contributed by atoms with Gasteiger partial charge in [0, 0.05) is 36.2 Å². The molecule has 1 unspecified atom stereocenters. The van der Waals surface area contributed by atoms with Crippen LogP contribution in [-0.2, 0) is 4.79 Å². The monoisotopic (exact) mass is 477 g/mol. The van der Waals surface area contributed by atoms with Crippen molar-refractivity contribution in [2.75, 3.05) is 19.6 Å². The summed E-state index contributed by atoms with van der Waals surface area (Å²) in [4.78, 5) is 15.4. The van der Waals surface area contributed by atoms with Crippen molar-refractivity contribution in [3.63, 3.8) is 0 Å². The third kappa shape index (κ3) is 7.68. The molecule has 0 radical (unpaired) electrons. The maximum Gasteiger partial charge on any atom is 0.237 e. The Hall–Kier alpha value is -1.14. The lowest BCUT2D eigenvalue weighted by Gasteiger charge is -2.46. The van der Waals surface area contributed by atoms with Gasteiger partial charge in [-0.3, -0.25) is 9.69 Å². The summed E-state index contributed by atoms with van der Waals surface area (Å²) < 4.78 is 0. The van der Waals surface area contributed by atoms with E-state index in [9.17, 15) is 9.90 Å². The Balaban J connectivity index is 1.64. The minimum Gasteiger partial charge on any atom is -0.390 e. The first kappa shape index (κ1) is 26.5.